The number of nitrogens with two attached hydrogens (primary N) is 1. The SMILES string of the molecule is NCCCN(C(=O)C1CC1)c1ccc(F)cc1. The van der Waals surface area contributed by atoms with Crippen LogP contribution in [0.4, 0.5) is 10.1 Å². The van der Waals surface area contributed by atoms with Crippen molar-refractivity contribution in [1.29, 1.82) is 0 Å². The van der Waals surface area contributed by atoms with Gasteiger partial charge in [-0.05, 0) is 50.1 Å². The zero-order chi connectivity index (χ0) is 12.3. The molecule has 0 aromatic heterocycles. The smallest absolute Gasteiger partial charge is 0.230 e. The molecule has 0 spiro atoms. The lowest BCUT2D eigenvalue weighted by Crippen LogP contribution is -2.34. The van der Waals surface area contributed by atoms with Gasteiger partial charge in [0.15, 0.2) is 0 Å². The van der Waals surface area contributed by atoms with Crippen molar-refractivity contribution < 1.29 is 9.18 Å². The standard InChI is InChI=1S/C13H17FN2O/c14-11-4-6-12(7-5-11)16(9-1-8-15)13(17)10-2-3-10/h4-7,10H,1-3,8-9,15H2. The number of nitrogens with zero attached hydrogens (tertiary/aromatic N) is 1. The van der Waals surface area contributed by atoms with Crippen molar-refractivity contribution in [2.24, 2.45) is 11.7 Å². The lowest BCUT2D eigenvalue weighted by molar-refractivity contribution is -0.119. The van der Waals surface area contributed by atoms with Gasteiger partial charge in [-0.15, -0.1) is 0 Å². The van der Waals surface area contributed by atoms with Gasteiger partial charge in [0.05, 0.1) is 0 Å². The molecule has 1 aromatic carbocycles. The van der Waals surface area contributed by atoms with E-state index in [4.69, 9.17) is 5.73 Å². The molecule has 4 heteroatoms. The van der Waals surface area contributed by atoms with Crippen LogP contribution >= 0.6 is 0 Å². The molecule has 1 saturated carbocycles. The molecule has 3 nitrogen and oxygen atoms in total. The van der Waals surface area contributed by atoms with E-state index in [0.29, 0.717) is 13.1 Å². The van der Waals surface area contributed by atoms with Gasteiger partial charge in [0.1, 0.15) is 5.82 Å². The number of halogens is 1. The Hall–Kier alpha value is -1.42. The third-order valence-corrected chi connectivity index (χ3v) is 2.92. The lowest BCUT2D eigenvalue weighted by Gasteiger charge is -2.22. The van der Waals surface area contributed by atoms with Crippen LogP contribution in [0.5, 0.6) is 0 Å². The van der Waals surface area contributed by atoms with Gasteiger partial charge in [-0.2, -0.15) is 0 Å². The van der Waals surface area contributed by atoms with Crippen molar-refractivity contribution in [2.45, 2.75) is 19.3 Å². The summed E-state index contributed by atoms with van der Waals surface area (Å²) < 4.78 is 12.9. The van der Waals surface area contributed by atoms with Gasteiger partial charge in [-0.3, -0.25) is 4.79 Å². The van der Waals surface area contributed by atoms with E-state index in [9.17, 15) is 9.18 Å². The van der Waals surface area contributed by atoms with Gasteiger partial charge in [0.25, 0.3) is 0 Å². The third-order valence-electron chi connectivity index (χ3n) is 2.92. The molecule has 0 radical (unpaired) electrons. The maximum absolute atomic E-state index is 12.9. The molecule has 1 aliphatic rings. The molecule has 2 N–H and O–H groups in total. The van der Waals surface area contributed by atoms with Gasteiger partial charge in [-0.25, -0.2) is 4.39 Å². The predicted molar refractivity (Wildman–Crippen MR) is 65.1 cm³/mol. The minimum atomic E-state index is -0.286. The van der Waals surface area contributed by atoms with Gasteiger partial charge in [0, 0.05) is 18.2 Å². The second-order valence-electron chi connectivity index (χ2n) is 4.38. The van der Waals surface area contributed by atoms with Crippen molar-refractivity contribution >= 4 is 11.6 Å². The summed E-state index contributed by atoms with van der Waals surface area (Å²) in [6, 6.07) is 6.05. The van der Waals surface area contributed by atoms with Crippen LogP contribution in [0.15, 0.2) is 24.3 Å². The Balaban J connectivity index is 2.13. The summed E-state index contributed by atoms with van der Waals surface area (Å²) in [5.41, 5.74) is 6.23. The van der Waals surface area contributed by atoms with Crippen LogP contribution in [0.2, 0.25) is 0 Å². The van der Waals surface area contributed by atoms with Crippen LogP contribution in [-0.2, 0) is 4.79 Å². The maximum atomic E-state index is 12.9. The van der Waals surface area contributed by atoms with Crippen LogP contribution in [0.3, 0.4) is 0 Å². The third kappa shape index (κ3) is 3.03. The maximum Gasteiger partial charge on any atom is 0.230 e. The highest BCUT2D eigenvalue weighted by molar-refractivity contribution is 5.96. The molecule has 0 atom stereocenters. The molecule has 0 bridgehead atoms. The molecule has 0 unspecified atom stereocenters. The molecule has 17 heavy (non-hydrogen) atoms. The number of anilines is 1. The minimum Gasteiger partial charge on any atom is -0.330 e. The molecule has 0 aliphatic heterocycles. The molecule has 92 valence electrons. The molecular formula is C13H17FN2O. The Bertz CT molecular complexity index is 387. The van der Waals surface area contributed by atoms with Crippen molar-refractivity contribution in [3.8, 4) is 0 Å². The van der Waals surface area contributed by atoms with E-state index in [2.05, 4.69) is 0 Å². The van der Waals surface area contributed by atoms with E-state index in [0.717, 1.165) is 24.9 Å². The highest BCUT2D eigenvalue weighted by Gasteiger charge is 2.33. The summed E-state index contributed by atoms with van der Waals surface area (Å²) in [4.78, 5) is 13.8. The normalized spacial score (nSPS) is 14.7. The second-order valence-corrected chi connectivity index (χ2v) is 4.38. The average molecular weight is 236 g/mol. The van der Waals surface area contributed by atoms with Gasteiger partial charge in [0.2, 0.25) is 5.91 Å². The molecule has 2 rings (SSSR count). The van der Waals surface area contributed by atoms with Crippen LogP contribution < -0.4 is 10.6 Å². The summed E-state index contributed by atoms with van der Waals surface area (Å²) in [6.45, 7) is 1.16. The highest BCUT2D eigenvalue weighted by atomic mass is 19.1. The van der Waals surface area contributed by atoms with E-state index >= 15 is 0 Å². The van der Waals surface area contributed by atoms with Crippen molar-refractivity contribution in [3.63, 3.8) is 0 Å². The van der Waals surface area contributed by atoms with E-state index in [-0.39, 0.29) is 17.6 Å². The van der Waals surface area contributed by atoms with Crippen molar-refractivity contribution in [1.82, 2.24) is 0 Å². The Labute approximate surface area is 100 Å². The first kappa shape index (κ1) is 12.0. The Morgan fingerprint density at radius 2 is 2.00 bits per heavy atom. The fourth-order valence-electron chi connectivity index (χ4n) is 1.79. The summed E-state index contributed by atoms with van der Waals surface area (Å²) in [6.07, 6.45) is 2.70. The van der Waals surface area contributed by atoms with Crippen LogP contribution in [0, 0.1) is 11.7 Å². The molecule has 1 fully saturated rings. The van der Waals surface area contributed by atoms with Crippen LogP contribution in [0.1, 0.15) is 19.3 Å². The van der Waals surface area contributed by atoms with E-state index in [1.54, 1.807) is 17.0 Å². The molecule has 1 amide bonds. The molecule has 0 saturated heterocycles. The van der Waals surface area contributed by atoms with E-state index in [1.807, 2.05) is 0 Å². The first-order valence-corrected chi connectivity index (χ1v) is 5.99. The van der Waals surface area contributed by atoms with Crippen molar-refractivity contribution in [2.75, 3.05) is 18.0 Å². The number of hydrogen-bond acceptors (Lipinski definition) is 2. The minimum absolute atomic E-state index is 0.144. The molecular weight excluding hydrogens is 219 g/mol. The zero-order valence-corrected chi connectivity index (χ0v) is 9.73. The van der Waals surface area contributed by atoms with E-state index < -0.39 is 0 Å². The van der Waals surface area contributed by atoms with Gasteiger partial charge in [-0.1, -0.05) is 0 Å². The predicted octanol–water partition coefficient (Wildman–Crippen LogP) is 1.92. The lowest BCUT2D eigenvalue weighted by atomic mass is 10.2. The number of benzene rings is 1. The summed E-state index contributed by atoms with van der Waals surface area (Å²) in [5, 5.41) is 0. The largest absolute Gasteiger partial charge is 0.330 e. The Morgan fingerprint density at radius 1 is 1.35 bits per heavy atom. The molecule has 1 aromatic rings. The summed E-state index contributed by atoms with van der Waals surface area (Å²) in [7, 11) is 0. The molecule has 1 aliphatic carbocycles. The van der Waals surface area contributed by atoms with Crippen molar-refractivity contribution in [3.05, 3.63) is 30.1 Å². The fraction of sp³-hybridized carbons (Fsp3) is 0.462. The van der Waals surface area contributed by atoms with Gasteiger partial charge >= 0.3 is 0 Å². The number of hydrogen-bond donors (Lipinski definition) is 1. The fourth-order valence-corrected chi connectivity index (χ4v) is 1.79. The first-order valence-electron chi connectivity index (χ1n) is 5.99. The molecule has 0 heterocycles. The average Bonchev–Trinajstić information content (AvgIpc) is 3.15. The second kappa shape index (κ2) is 5.27. The van der Waals surface area contributed by atoms with E-state index in [1.165, 1.54) is 12.1 Å². The first-order chi connectivity index (χ1) is 8.22. The number of carbonyl (C=O) groups is 1. The number of rotatable bonds is 5. The topological polar surface area (TPSA) is 46.3 Å². The van der Waals surface area contributed by atoms with Crippen LogP contribution in [-0.4, -0.2) is 19.0 Å². The Kier molecular flexibility index (Phi) is 3.74. The number of amides is 1. The highest BCUT2D eigenvalue weighted by Crippen LogP contribution is 2.32. The quantitative estimate of drug-likeness (QED) is 0.849. The number of carbonyl (C=O) groups excluding carboxylic acids is 1. The monoisotopic (exact) mass is 236 g/mol. The Morgan fingerprint density at radius 3 is 2.53 bits per heavy atom. The summed E-state index contributed by atoms with van der Waals surface area (Å²) in [5.74, 6) is 0.0225. The van der Waals surface area contributed by atoms with Gasteiger partial charge < -0.3 is 10.6 Å². The summed E-state index contributed by atoms with van der Waals surface area (Å²) >= 11 is 0. The van der Waals surface area contributed by atoms with Crippen LogP contribution in [0.25, 0.3) is 0 Å². The zero-order valence-electron chi connectivity index (χ0n) is 9.73.